The molecule has 0 aliphatic carbocycles. The SMILES string of the molecule is CCCCCCc1ccc(C(=O)OOOC(=O)OCCC(C)CCOC(=O)OOOC(=O)c2ccc(CCCCCC)cc2)cc1. The minimum Gasteiger partial charge on any atom is -0.432 e. The number of benzene rings is 2. The van der Waals surface area contributed by atoms with E-state index in [2.05, 4.69) is 43.5 Å². The van der Waals surface area contributed by atoms with Gasteiger partial charge >= 0.3 is 24.2 Å². The molecule has 0 bridgehead atoms. The number of hydrogen-bond acceptors (Lipinski definition) is 12. The molecule has 0 aliphatic rings. The molecule has 0 N–H and O–H groups in total. The molecule has 12 heteroatoms. The highest BCUT2D eigenvalue weighted by molar-refractivity contribution is 5.89. The lowest BCUT2D eigenvalue weighted by molar-refractivity contribution is -0.452. The summed E-state index contributed by atoms with van der Waals surface area (Å²) < 4.78 is 9.73. The van der Waals surface area contributed by atoms with Crippen molar-refractivity contribution in [3.05, 3.63) is 70.8 Å². The highest BCUT2D eigenvalue weighted by Crippen LogP contribution is 2.13. The molecule has 2 aromatic carbocycles. The first-order valence-electron chi connectivity index (χ1n) is 15.9. The van der Waals surface area contributed by atoms with Gasteiger partial charge < -0.3 is 9.47 Å². The van der Waals surface area contributed by atoms with Crippen LogP contribution in [0.5, 0.6) is 0 Å². The van der Waals surface area contributed by atoms with Crippen LogP contribution in [0.25, 0.3) is 0 Å². The van der Waals surface area contributed by atoms with E-state index in [1.807, 2.05) is 31.2 Å². The third-order valence-corrected chi connectivity index (χ3v) is 7.10. The smallest absolute Gasteiger partial charge is 0.432 e. The Morgan fingerprint density at radius 1 is 0.543 bits per heavy atom. The number of carbonyl (C=O) groups is 4. The van der Waals surface area contributed by atoms with E-state index in [4.69, 9.17) is 9.47 Å². The Kier molecular flexibility index (Phi) is 19.2. The Bertz CT molecular complexity index is 1070. The lowest BCUT2D eigenvalue weighted by atomic mass is 10.0. The first-order chi connectivity index (χ1) is 22.3. The van der Waals surface area contributed by atoms with Crippen LogP contribution in [0.3, 0.4) is 0 Å². The summed E-state index contributed by atoms with van der Waals surface area (Å²) in [6.07, 6.45) is 9.55. The molecule has 2 rings (SSSR count). The van der Waals surface area contributed by atoms with Crippen molar-refractivity contribution in [1.29, 1.82) is 0 Å². The summed E-state index contributed by atoms with van der Waals surface area (Å²) in [5.41, 5.74) is 2.73. The Labute approximate surface area is 270 Å². The molecular weight excluding hydrogens is 600 g/mol. The quantitative estimate of drug-likeness (QED) is 0.0525. The molecule has 0 spiro atoms. The second-order valence-electron chi connectivity index (χ2n) is 10.9. The molecule has 0 heterocycles. The molecule has 0 saturated heterocycles. The molecule has 0 saturated carbocycles. The van der Waals surface area contributed by atoms with Crippen LogP contribution in [-0.2, 0) is 51.9 Å². The fraction of sp³-hybridized carbons (Fsp3) is 0.529. The van der Waals surface area contributed by atoms with Crippen molar-refractivity contribution in [1.82, 2.24) is 0 Å². The molecule has 0 aliphatic heterocycles. The average Bonchev–Trinajstić information content (AvgIpc) is 3.05. The van der Waals surface area contributed by atoms with Crippen molar-refractivity contribution in [2.75, 3.05) is 13.2 Å². The van der Waals surface area contributed by atoms with Gasteiger partial charge in [-0.1, -0.05) is 83.6 Å². The lowest BCUT2D eigenvalue weighted by Crippen LogP contribution is -2.15. The molecule has 0 radical (unpaired) electrons. The van der Waals surface area contributed by atoms with E-state index in [1.165, 1.54) is 38.5 Å². The van der Waals surface area contributed by atoms with E-state index < -0.39 is 24.2 Å². The minimum absolute atomic E-state index is 0.0256. The van der Waals surface area contributed by atoms with Crippen molar-refractivity contribution >= 4 is 24.2 Å². The molecule has 12 nitrogen and oxygen atoms in total. The zero-order chi connectivity index (χ0) is 33.4. The van der Waals surface area contributed by atoms with Gasteiger partial charge in [0.05, 0.1) is 34.4 Å². The highest BCUT2D eigenvalue weighted by atomic mass is 17.5. The van der Waals surface area contributed by atoms with Crippen LogP contribution in [0, 0.1) is 5.92 Å². The predicted molar refractivity (Wildman–Crippen MR) is 165 cm³/mol. The van der Waals surface area contributed by atoms with E-state index in [9.17, 15) is 19.2 Å². The Morgan fingerprint density at radius 3 is 1.30 bits per heavy atom. The Hall–Kier alpha value is -4.16. The second kappa shape index (κ2) is 23.2. The van der Waals surface area contributed by atoms with Gasteiger partial charge in [-0.15, -0.1) is 0 Å². The summed E-state index contributed by atoms with van der Waals surface area (Å²) >= 11 is 0. The summed E-state index contributed by atoms with van der Waals surface area (Å²) in [6, 6.07) is 13.8. The van der Waals surface area contributed by atoms with Gasteiger partial charge in [0, 0.05) is 0 Å². The molecular formula is C34H46O12. The van der Waals surface area contributed by atoms with Gasteiger partial charge in [0.2, 0.25) is 0 Å². The number of aryl methyl sites for hydroxylation is 2. The van der Waals surface area contributed by atoms with Crippen LogP contribution in [0.4, 0.5) is 9.59 Å². The fourth-order valence-corrected chi connectivity index (χ4v) is 4.25. The third-order valence-electron chi connectivity index (χ3n) is 7.10. The van der Waals surface area contributed by atoms with E-state index in [0.717, 1.165) is 36.8 Å². The minimum atomic E-state index is -1.19. The maximum atomic E-state index is 12.0. The number of carbonyl (C=O) groups excluding carboxylic acids is 4. The summed E-state index contributed by atoms with van der Waals surface area (Å²) in [5, 5.41) is 8.48. The number of ether oxygens (including phenoxy) is 2. The monoisotopic (exact) mass is 646 g/mol. The van der Waals surface area contributed by atoms with Crippen LogP contribution >= 0.6 is 0 Å². The van der Waals surface area contributed by atoms with E-state index in [0.29, 0.717) is 12.8 Å². The highest BCUT2D eigenvalue weighted by Gasteiger charge is 2.15. The Balaban J connectivity index is 1.49. The van der Waals surface area contributed by atoms with Crippen LogP contribution in [-0.4, -0.2) is 37.5 Å². The van der Waals surface area contributed by atoms with Crippen molar-refractivity contribution in [3.8, 4) is 0 Å². The largest absolute Gasteiger partial charge is 0.543 e. The molecule has 0 aromatic heterocycles. The van der Waals surface area contributed by atoms with E-state index >= 15 is 0 Å². The molecule has 46 heavy (non-hydrogen) atoms. The van der Waals surface area contributed by atoms with Gasteiger partial charge in [0.15, 0.2) is 0 Å². The van der Waals surface area contributed by atoms with Gasteiger partial charge in [-0.2, -0.15) is 0 Å². The standard InChI is InChI=1S/C34H46O12/c1-4-6-8-10-12-27-14-18-29(19-15-27)31(35)41-45-43-33(37)39-24-22-26(3)23-25-40-34(38)44-46-42-32(36)30-20-16-28(17-21-30)13-11-9-7-5-2/h14-21,26H,4-13,22-25H2,1-3H3. The topological polar surface area (TPSA) is 142 Å². The molecule has 0 atom stereocenters. The molecule has 0 amide bonds. The summed E-state index contributed by atoms with van der Waals surface area (Å²) in [5.74, 6) is -1.67. The summed E-state index contributed by atoms with van der Waals surface area (Å²) in [6.45, 7) is 6.10. The first-order valence-corrected chi connectivity index (χ1v) is 15.9. The van der Waals surface area contributed by atoms with Crippen LogP contribution in [0.1, 0.15) is 117 Å². The van der Waals surface area contributed by atoms with Gasteiger partial charge in [0.25, 0.3) is 0 Å². The van der Waals surface area contributed by atoms with Crippen molar-refractivity contribution in [3.63, 3.8) is 0 Å². The van der Waals surface area contributed by atoms with Crippen LogP contribution in [0.2, 0.25) is 0 Å². The molecule has 0 fully saturated rings. The average molecular weight is 647 g/mol. The third kappa shape index (κ3) is 16.8. The van der Waals surface area contributed by atoms with Crippen molar-refractivity contribution in [2.45, 2.75) is 97.8 Å². The van der Waals surface area contributed by atoms with Gasteiger partial charge in [0.1, 0.15) is 0 Å². The zero-order valence-electron chi connectivity index (χ0n) is 27.0. The van der Waals surface area contributed by atoms with Gasteiger partial charge in [-0.05, 0) is 79.8 Å². The zero-order valence-corrected chi connectivity index (χ0v) is 27.0. The van der Waals surface area contributed by atoms with Gasteiger partial charge in [-0.25, -0.2) is 29.0 Å². The van der Waals surface area contributed by atoms with E-state index in [1.54, 1.807) is 24.3 Å². The van der Waals surface area contributed by atoms with Crippen LogP contribution < -0.4 is 0 Å². The number of unbranched alkanes of at least 4 members (excludes halogenated alkanes) is 6. The number of hydrogen-bond donors (Lipinski definition) is 0. The van der Waals surface area contributed by atoms with Gasteiger partial charge in [-0.3, -0.25) is 9.78 Å². The summed E-state index contributed by atoms with van der Waals surface area (Å²) in [4.78, 5) is 64.9. The van der Waals surface area contributed by atoms with Crippen molar-refractivity contribution in [2.24, 2.45) is 5.92 Å². The maximum Gasteiger partial charge on any atom is 0.543 e. The Morgan fingerprint density at radius 2 is 0.935 bits per heavy atom. The van der Waals surface area contributed by atoms with E-state index in [-0.39, 0.29) is 30.3 Å². The maximum absolute atomic E-state index is 12.0. The predicted octanol–water partition coefficient (Wildman–Crippen LogP) is 8.36. The van der Waals surface area contributed by atoms with Crippen LogP contribution in [0.15, 0.2) is 48.5 Å². The summed E-state index contributed by atoms with van der Waals surface area (Å²) in [7, 11) is 0. The molecule has 254 valence electrons. The lowest BCUT2D eigenvalue weighted by Gasteiger charge is -2.11. The molecule has 0 unspecified atom stereocenters. The second-order valence-corrected chi connectivity index (χ2v) is 10.9. The first kappa shape index (κ1) is 38.0. The fourth-order valence-electron chi connectivity index (χ4n) is 4.25. The number of rotatable bonds is 22. The normalized spacial score (nSPS) is 10.7. The molecule has 2 aromatic rings. The van der Waals surface area contributed by atoms with Crippen molar-refractivity contribution < 1.29 is 58.3 Å².